The summed E-state index contributed by atoms with van der Waals surface area (Å²) < 4.78 is 13.0. The topological polar surface area (TPSA) is 36.3 Å². The molecule has 0 unspecified atom stereocenters. The lowest BCUT2D eigenvalue weighted by Gasteiger charge is -2.09. The molecule has 1 aromatic heterocycles. The summed E-state index contributed by atoms with van der Waals surface area (Å²) in [6.45, 7) is 7.07. The van der Waals surface area contributed by atoms with Crippen LogP contribution < -0.4 is 9.47 Å². The zero-order chi connectivity index (χ0) is 18.5. The number of hydrogen-bond donors (Lipinski definition) is 0. The third kappa shape index (κ3) is 3.74. The molecule has 0 saturated heterocycles. The highest BCUT2D eigenvalue weighted by Gasteiger charge is 2.14. The maximum Gasteiger partial charge on any atom is 0.119 e. The highest BCUT2D eigenvalue weighted by molar-refractivity contribution is 5.70. The fourth-order valence-corrected chi connectivity index (χ4v) is 3.09. The number of aryl methyl sites for hydroxylation is 1. The van der Waals surface area contributed by atoms with Gasteiger partial charge in [-0.3, -0.25) is 0 Å². The van der Waals surface area contributed by atoms with Crippen molar-refractivity contribution in [2.45, 2.75) is 33.6 Å². The lowest BCUT2D eigenvalue weighted by Crippen LogP contribution is -2.00. The van der Waals surface area contributed by atoms with Crippen LogP contribution in [0, 0.1) is 13.8 Å². The number of methoxy groups -OCH3 is 1. The van der Waals surface area contributed by atoms with Crippen LogP contribution in [0.1, 0.15) is 31.2 Å². The number of benzene rings is 2. The van der Waals surface area contributed by atoms with Crippen molar-refractivity contribution in [3.05, 3.63) is 59.9 Å². The molecule has 4 heteroatoms. The molecule has 0 saturated carbocycles. The molecule has 0 N–H and O–H groups in total. The van der Waals surface area contributed by atoms with Gasteiger partial charge in [-0.15, -0.1) is 0 Å². The minimum atomic E-state index is 0.761. The highest BCUT2D eigenvalue weighted by atomic mass is 16.5. The van der Waals surface area contributed by atoms with E-state index in [0.717, 1.165) is 59.1 Å². The maximum absolute atomic E-state index is 5.75. The molecular formula is C22H26N2O2. The minimum Gasteiger partial charge on any atom is -0.497 e. The van der Waals surface area contributed by atoms with E-state index in [4.69, 9.17) is 14.6 Å². The first kappa shape index (κ1) is 18.1. The number of unbranched alkanes of at least 4 members (excludes halogenated alkanes) is 1. The Morgan fingerprint density at radius 1 is 0.923 bits per heavy atom. The molecule has 0 fully saturated rings. The molecule has 0 aliphatic carbocycles. The van der Waals surface area contributed by atoms with Crippen molar-refractivity contribution in [1.29, 1.82) is 0 Å². The van der Waals surface area contributed by atoms with Gasteiger partial charge in [0.1, 0.15) is 11.5 Å². The van der Waals surface area contributed by atoms with Gasteiger partial charge in [-0.25, -0.2) is 4.68 Å². The number of rotatable bonds is 7. The smallest absolute Gasteiger partial charge is 0.119 e. The Balaban J connectivity index is 1.87. The summed E-state index contributed by atoms with van der Waals surface area (Å²) in [5, 5.41) is 4.75. The SMILES string of the molecule is CCCCOc1ccc(-n2nc(C)c(-c3ccc(OC)cc3)c2C)cc1. The third-order valence-corrected chi connectivity index (χ3v) is 4.52. The molecule has 136 valence electrons. The van der Waals surface area contributed by atoms with Gasteiger partial charge in [0.15, 0.2) is 0 Å². The molecular weight excluding hydrogens is 324 g/mol. The van der Waals surface area contributed by atoms with Crippen LogP contribution in [0.5, 0.6) is 11.5 Å². The zero-order valence-corrected chi connectivity index (χ0v) is 16.0. The van der Waals surface area contributed by atoms with Crippen molar-refractivity contribution in [3.63, 3.8) is 0 Å². The first-order chi connectivity index (χ1) is 12.6. The van der Waals surface area contributed by atoms with Crippen molar-refractivity contribution in [2.75, 3.05) is 13.7 Å². The van der Waals surface area contributed by atoms with E-state index in [9.17, 15) is 0 Å². The second kappa shape index (κ2) is 8.09. The Bertz CT molecular complexity index is 849. The maximum atomic E-state index is 5.75. The molecule has 0 radical (unpaired) electrons. The van der Waals surface area contributed by atoms with Crippen LogP contribution in [-0.2, 0) is 0 Å². The van der Waals surface area contributed by atoms with Gasteiger partial charge in [0.2, 0.25) is 0 Å². The second-order valence-electron chi connectivity index (χ2n) is 6.38. The van der Waals surface area contributed by atoms with Gasteiger partial charge in [0, 0.05) is 11.3 Å². The van der Waals surface area contributed by atoms with E-state index in [1.165, 1.54) is 0 Å². The van der Waals surface area contributed by atoms with Crippen LogP contribution in [-0.4, -0.2) is 23.5 Å². The monoisotopic (exact) mass is 350 g/mol. The van der Waals surface area contributed by atoms with E-state index < -0.39 is 0 Å². The summed E-state index contributed by atoms with van der Waals surface area (Å²) in [6.07, 6.45) is 2.21. The number of ether oxygens (including phenoxy) is 2. The van der Waals surface area contributed by atoms with E-state index in [-0.39, 0.29) is 0 Å². The van der Waals surface area contributed by atoms with Crippen molar-refractivity contribution in [2.24, 2.45) is 0 Å². The Labute approximate surface area is 155 Å². The molecule has 4 nitrogen and oxygen atoms in total. The van der Waals surface area contributed by atoms with E-state index in [2.05, 4.69) is 38.1 Å². The zero-order valence-electron chi connectivity index (χ0n) is 16.0. The van der Waals surface area contributed by atoms with Crippen molar-refractivity contribution >= 4 is 0 Å². The summed E-state index contributed by atoms with van der Waals surface area (Å²) in [7, 11) is 1.68. The van der Waals surface area contributed by atoms with Gasteiger partial charge < -0.3 is 9.47 Å². The summed E-state index contributed by atoms with van der Waals surface area (Å²) >= 11 is 0. The average molecular weight is 350 g/mol. The van der Waals surface area contributed by atoms with Crippen LogP contribution in [0.25, 0.3) is 16.8 Å². The molecule has 0 aliphatic rings. The van der Waals surface area contributed by atoms with E-state index in [1.54, 1.807) is 7.11 Å². The van der Waals surface area contributed by atoms with Crippen LogP contribution in [0.15, 0.2) is 48.5 Å². The van der Waals surface area contributed by atoms with Gasteiger partial charge in [-0.2, -0.15) is 5.10 Å². The van der Waals surface area contributed by atoms with Crippen molar-refractivity contribution < 1.29 is 9.47 Å². The van der Waals surface area contributed by atoms with Gasteiger partial charge in [-0.1, -0.05) is 25.5 Å². The number of aromatic nitrogens is 2. The summed E-state index contributed by atoms with van der Waals surface area (Å²) in [4.78, 5) is 0. The molecule has 0 bridgehead atoms. The van der Waals surface area contributed by atoms with E-state index >= 15 is 0 Å². The Hall–Kier alpha value is -2.75. The highest BCUT2D eigenvalue weighted by Crippen LogP contribution is 2.30. The van der Waals surface area contributed by atoms with Crippen molar-refractivity contribution in [3.8, 4) is 28.3 Å². The summed E-state index contributed by atoms with van der Waals surface area (Å²) in [5.41, 5.74) is 5.47. The fourth-order valence-electron chi connectivity index (χ4n) is 3.09. The van der Waals surface area contributed by atoms with Crippen LogP contribution in [0.3, 0.4) is 0 Å². The van der Waals surface area contributed by atoms with Gasteiger partial charge >= 0.3 is 0 Å². The van der Waals surface area contributed by atoms with Gasteiger partial charge in [0.05, 0.1) is 25.1 Å². The van der Waals surface area contributed by atoms with Crippen LogP contribution >= 0.6 is 0 Å². The minimum absolute atomic E-state index is 0.761. The predicted octanol–water partition coefficient (Wildman–Crippen LogP) is 5.34. The quantitative estimate of drug-likeness (QED) is 0.539. The third-order valence-electron chi connectivity index (χ3n) is 4.52. The number of hydrogen-bond acceptors (Lipinski definition) is 3. The Morgan fingerprint density at radius 3 is 2.19 bits per heavy atom. The Morgan fingerprint density at radius 2 is 1.58 bits per heavy atom. The van der Waals surface area contributed by atoms with E-state index in [0.29, 0.717) is 0 Å². The number of nitrogens with zero attached hydrogens (tertiary/aromatic N) is 2. The average Bonchev–Trinajstić information content (AvgIpc) is 2.97. The second-order valence-corrected chi connectivity index (χ2v) is 6.38. The molecule has 3 aromatic rings. The van der Waals surface area contributed by atoms with Crippen LogP contribution in [0.2, 0.25) is 0 Å². The first-order valence-corrected chi connectivity index (χ1v) is 9.08. The molecule has 3 rings (SSSR count). The molecule has 0 amide bonds. The van der Waals surface area contributed by atoms with Gasteiger partial charge in [-0.05, 0) is 62.2 Å². The van der Waals surface area contributed by atoms with Crippen LogP contribution in [0.4, 0.5) is 0 Å². The van der Waals surface area contributed by atoms with E-state index in [1.807, 2.05) is 35.9 Å². The lowest BCUT2D eigenvalue weighted by molar-refractivity contribution is 0.309. The summed E-state index contributed by atoms with van der Waals surface area (Å²) in [5.74, 6) is 1.76. The normalized spacial score (nSPS) is 10.8. The fraction of sp³-hybridized carbons (Fsp3) is 0.318. The first-order valence-electron chi connectivity index (χ1n) is 9.08. The molecule has 2 aromatic carbocycles. The molecule has 0 aliphatic heterocycles. The molecule has 26 heavy (non-hydrogen) atoms. The molecule has 1 heterocycles. The lowest BCUT2D eigenvalue weighted by atomic mass is 10.0. The Kier molecular flexibility index (Phi) is 5.61. The molecule has 0 spiro atoms. The standard InChI is InChI=1S/C22H26N2O2/c1-5-6-15-26-21-13-9-19(10-14-21)24-17(3)22(16(2)23-24)18-7-11-20(25-4)12-8-18/h7-14H,5-6,15H2,1-4H3. The van der Waals surface area contributed by atoms with Gasteiger partial charge in [0.25, 0.3) is 0 Å². The van der Waals surface area contributed by atoms with Crippen molar-refractivity contribution in [1.82, 2.24) is 9.78 Å². The largest absolute Gasteiger partial charge is 0.497 e. The summed E-state index contributed by atoms with van der Waals surface area (Å²) in [6, 6.07) is 16.2. The predicted molar refractivity (Wildman–Crippen MR) is 105 cm³/mol. The molecule has 0 atom stereocenters.